The standard InChI is InChI=1S/C15H20N2/c1-10-5-6-12-11(2)8-14(15(3,4)9-16)17-13(12)7-10/h5-8H,9,16H2,1-4H3. The van der Waals surface area contributed by atoms with Crippen LogP contribution in [-0.4, -0.2) is 11.5 Å². The Bertz CT molecular complexity index is 556. The topological polar surface area (TPSA) is 38.9 Å². The molecule has 0 spiro atoms. The lowest BCUT2D eigenvalue weighted by atomic mass is 9.87. The van der Waals surface area contributed by atoms with Gasteiger partial charge in [0.15, 0.2) is 0 Å². The molecule has 0 fully saturated rings. The largest absolute Gasteiger partial charge is 0.330 e. The van der Waals surface area contributed by atoms with E-state index >= 15 is 0 Å². The van der Waals surface area contributed by atoms with E-state index in [0.717, 1.165) is 11.2 Å². The maximum absolute atomic E-state index is 5.82. The highest BCUT2D eigenvalue weighted by Gasteiger charge is 2.21. The van der Waals surface area contributed by atoms with Crippen LogP contribution in [0.3, 0.4) is 0 Å². The molecule has 2 heteroatoms. The molecule has 0 saturated heterocycles. The van der Waals surface area contributed by atoms with Gasteiger partial charge >= 0.3 is 0 Å². The molecule has 2 nitrogen and oxygen atoms in total. The summed E-state index contributed by atoms with van der Waals surface area (Å²) < 4.78 is 0. The number of aryl methyl sites for hydroxylation is 2. The molecule has 0 unspecified atom stereocenters. The fourth-order valence-electron chi connectivity index (χ4n) is 1.96. The van der Waals surface area contributed by atoms with Crippen LogP contribution in [0.25, 0.3) is 10.9 Å². The molecule has 0 radical (unpaired) electrons. The minimum Gasteiger partial charge on any atom is -0.330 e. The highest BCUT2D eigenvalue weighted by atomic mass is 14.7. The number of nitrogens with two attached hydrogens (primary N) is 1. The molecule has 0 bridgehead atoms. The second kappa shape index (κ2) is 4.11. The molecule has 2 aromatic rings. The van der Waals surface area contributed by atoms with Gasteiger partial charge in [-0.2, -0.15) is 0 Å². The number of rotatable bonds is 2. The summed E-state index contributed by atoms with van der Waals surface area (Å²) >= 11 is 0. The van der Waals surface area contributed by atoms with Gasteiger partial charge in [-0.3, -0.25) is 4.98 Å². The average Bonchev–Trinajstić information content (AvgIpc) is 2.28. The Balaban J connectivity index is 2.70. The van der Waals surface area contributed by atoms with Crippen molar-refractivity contribution in [1.29, 1.82) is 0 Å². The third-order valence-corrected chi connectivity index (χ3v) is 3.38. The van der Waals surface area contributed by atoms with Crippen molar-refractivity contribution in [2.24, 2.45) is 5.73 Å². The Morgan fingerprint density at radius 1 is 1.18 bits per heavy atom. The van der Waals surface area contributed by atoms with E-state index in [9.17, 15) is 0 Å². The molecule has 0 amide bonds. The molecule has 17 heavy (non-hydrogen) atoms. The van der Waals surface area contributed by atoms with Crippen molar-refractivity contribution in [3.05, 3.63) is 41.1 Å². The predicted octanol–water partition coefficient (Wildman–Crippen LogP) is 3.09. The summed E-state index contributed by atoms with van der Waals surface area (Å²) in [6.45, 7) is 9.11. The Kier molecular flexibility index (Phi) is 2.92. The highest BCUT2D eigenvalue weighted by Crippen LogP contribution is 2.25. The molecule has 0 atom stereocenters. The summed E-state index contributed by atoms with van der Waals surface area (Å²) in [4.78, 5) is 4.76. The van der Waals surface area contributed by atoms with Crippen LogP contribution < -0.4 is 5.73 Å². The molecular weight excluding hydrogens is 208 g/mol. The smallest absolute Gasteiger partial charge is 0.0710 e. The van der Waals surface area contributed by atoms with Crippen LogP contribution in [0.2, 0.25) is 0 Å². The van der Waals surface area contributed by atoms with Gasteiger partial charge in [-0.05, 0) is 37.1 Å². The Morgan fingerprint density at radius 3 is 2.53 bits per heavy atom. The first-order valence-corrected chi connectivity index (χ1v) is 6.02. The van der Waals surface area contributed by atoms with Crippen molar-refractivity contribution in [2.75, 3.05) is 6.54 Å². The summed E-state index contributed by atoms with van der Waals surface area (Å²) in [5, 5.41) is 1.23. The van der Waals surface area contributed by atoms with Crippen LogP contribution in [0.1, 0.15) is 30.7 Å². The van der Waals surface area contributed by atoms with E-state index in [1.807, 2.05) is 0 Å². The Morgan fingerprint density at radius 2 is 1.88 bits per heavy atom. The Labute approximate surface area is 103 Å². The van der Waals surface area contributed by atoms with Gasteiger partial charge in [0.25, 0.3) is 0 Å². The van der Waals surface area contributed by atoms with Crippen molar-refractivity contribution >= 4 is 10.9 Å². The normalized spacial score (nSPS) is 12.1. The van der Waals surface area contributed by atoms with Crippen LogP contribution in [0, 0.1) is 13.8 Å². The van der Waals surface area contributed by atoms with Crippen molar-refractivity contribution in [3.63, 3.8) is 0 Å². The number of nitrogens with zero attached hydrogens (tertiary/aromatic N) is 1. The monoisotopic (exact) mass is 228 g/mol. The SMILES string of the molecule is Cc1ccc2c(C)cc(C(C)(C)CN)nc2c1. The van der Waals surface area contributed by atoms with E-state index in [1.54, 1.807) is 0 Å². The molecule has 0 aliphatic rings. The third-order valence-electron chi connectivity index (χ3n) is 3.38. The van der Waals surface area contributed by atoms with E-state index in [4.69, 9.17) is 10.7 Å². The molecule has 1 heterocycles. The van der Waals surface area contributed by atoms with Gasteiger partial charge in [0.1, 0.15) is 0 Å². The zero-order valence-corrected chi connectivity index (χ0v) is 11.0. The molecular formula is C15H20N2. The van der Waals surface area contributed by atoms with Crippen LogP contribution in [-0.2, 0) is 5.41 Å². The second-order valence-electron chi connectivity index (χ2n) is 5.43. The quantitative estimate of drug-likeness (QED) is 0.858. The lowest BCUT2D eigenvalue weighted by Crippen LogP contribution is -2.29. The van der Waals surface area contributed by atoms with Gasteiger partial charge in [0.05, 0.1) is 5.52 Å². The molecule has 0 saturated carbocycles. The number of pyridine rings is 1. The molecule has 2 rings (SSSR count). The minimum absolute atomic E-state index is 0.0668. The number of benzene rings is 1. The summed E-state index contributed by atoms with van der Waals surface area (Å²) in [7, 11) is 0. The molecule has 2 N–H and O–H groups in total. The summed E-state index contributed by atoms with van der Waals surface area (Å²) in [6, 6.07) is 8.57. The van der Waals surface area contributed by atoms with Crippen molar-refractivity contribution in [1.82, 2.24) is 4.98 Å². The number of hydrogen-bond donors (Lipinski definition) is 1. The zero-order valence-electron chi connectivity index (χ0n) is 11.0. The van der Waals surface area contributed by atoms with Gasteiger partial charge in [0.2, 0.25) is 0 Å². The van der Waals surface area contributed by atoms with Crippen LogP contribution in [0.4, 0.5) is 0 Å². The second-order valence-corrected chi connectivity index (χ2v) is 5.43. The van der Waals surface area contributed by atoms with E-state index in [-0.39, 0.29) is 5.41 Å². The number of hydrogen-bond acceptors (Lipinski definition) is 2. The summed E-state index contributed by atoms with van der Waals surface area (Å²) in [5.41, 5.74) is 10.4. The fourth-order valence-corrected chi connectivity index (χ4v) is 1.96. The van der Waals surface area contributed by atoms with Gasteiger partial charge in [0, 0.05) is 23.0 Å². The van der Waals surface area contributed by atoms with E-state index in [1.165, 1.54) is 16.5 Å². The molecule has 0 aliphatic heterocycles. The van der Waals surface area contributed by atoms with E-state index < -0.39 is 0 Å². The molecule has 1 aromatic heterocycles. The first kappa shape index (κ1) is 12.1. The lowest BCUT2D eigenvalue weighted by molar-refractivity contribution is 0.523. The lowest BCUT2D eigenvalue weighted by Gasteiger charge is -2.23. The Hall–Kier alpha value is -1.41. The summed E-state index contributed by atoms with van der Waals surface area (Å²) in [6.07, 6.45) is 0. The first-order valence-electron chi connectivity index (χ1n) is 6.02. The van der Waals surface area contributed by atoms with Gasteiger partial charge < -0.3 is 5.73 Å². The highest BCUT2D eigenvalue weighted by molar-refractivity contribution is 5.82. The maximum Gasteiger partial charge on any atom is 0.0710 e. The van der Waals surface area contributed by atoms with E-state index in [2.05, 4.69) is 52.0 Å². The van der Waals surface area contributed by atoms with Gasteiger partial charge in [-0.25, -0.2) is 0 Å². The summed E-state index contributed by atoms with van der Waals surface area (Å²) in [5.74, 6) is 0. The number of fused-ring (bicyclic) bond motifs is 1. The van der Waals surface area contributed by atoms with Gasteiger partial charge in [-0.1, -0.05) is 26.0 Å². The number of aromatic nitrogens is 1. The van der Waals surface area contributed by atoms with E-state index in [0.29, 0.717) is 6.54 Å². The zero-order chi connectivity index (χ0) is 12.6. The maximum atomic E-state index is 5.82. The van der Waals surface area contributed by atoms with Crippen LogP contribution in [0.15, 0.2) is 24.3 Å². The fraction of sp³-hybridized carbons (Fsp3) is 0.400. The van der Waals surface area contributed by atoms with Gasteiger partial charge in [-0.15, -0.1) is 0 Å². The predicted molar refractivity (Wildman–Crippen MR) is 73.3 cm³/mol. The van der Waals surface area contributed by atoms with Crippen LogP contribution in [0.5, 0.6) is 0 Å². The minimum atomic E-state index is -0.0668. The molecule has 0 aliphatic carbocycles. The molecule has 90 valence electrons. The van der Waals surface area contributed by atoms with Crippen molar-refractivity contribution in [3.8, 4) is 0 Å². The average molecular weight is 228 g/mol. The molecule has 1 aromatic carbocycles. The van der Waals surface area contributed by atoms with Crippen molar-refractivity contribution < 1.29 is 0 Å². The third kappa shape index (κ3) is 2.18. The first-order chi connectivity index (χ1) is 7.94. The van der Waals surface area contributed by atoms with Crippen molar-refractivity contribution in [2.45, 2.75) is 33.1 Å². The van der Waals surface area contributed by atoms with Crippen LogP contribution >= 0.6 is 0 Å².